The summed E-state index contributed by atoms with van der Waals surface area (Å²) >= 11 is 18.5. The Balaban J connectivity index is 1.61. The highest BCUT2D eigenvalue weighted by atomic mass is 35.5. The van der Waals surface area contributed by atoms with E-state index in [1.807, 2.05) is 24.3 Å². The number of ether oxygens (including phenoxy) is 1. The third-order valence-electron chi connectivity index (χ3n) is 5.20. The van der Waals surface area contributed by atoms with Crippen LogP contribution in [0.2, 0.25) is 15.1 Å². The summed E-state index contributed by atoms with van der Waals surface area (Å²) in [6.07, 6.45) is 0.503. The summed E-state index contributed by atoms with van der Waals surface area (Å²) in [7, 11) is -2.14. The van der Waals surface area contributed by atoms with Crippen LogP contribution in [-0.4, -0.2) is 27.8 Å². The van der Waals surface area contributed by atoms with E-state index in [1.165, 1.54) is 12.1 Å². The lowest BCUT2D eigenvalue weighted by molar-refractivity contribution is 0.414. The third kappa shape index (κ3) is 5.45. The van der Waals surface area contributed by atoms with Gasteiger partial charge in [-0.3, -0.25) is 5.01 Å². The molecule has 0 saturated carbocycles. The Morgan fingerprint density at radius 1 is 1.03 bits per heavy atom. The average molecular weight is 525 g/mol. The molecule has 1 N–H and O–H groups in total. The summed E-state index contributed by atoms with van der Waals surface area (Å²) in [5.41, 5.74) is 2.32. The quantitative estimate of drug-likeness (QED) is 0.415. The number of nitrogens with zero attached hydrogens (tertiary/aromatic N) is 2. The molecule has 4 rings (SSSR count). The van der Waals surface area contributed by atoms with Gasteiger partial charge in [0.25, 0.3) is 0 Å². The first kappa shape index (κ1) is 23.9. The summed E-state index contributed by atoms with van der Waals surface area (Å²) in [5.74, 6) is 0.739. The zero-order valence-corrected chi connectivity index (χ0v) is 20.6. The molecular formula is C23H20Cl3N3O3S. The molecule has 0 saturated heterocycles. The molecular weight excluding hydrogens is 505 g/mol. The second-order valence-electron chi connectivity index (χ2n) is 7.38. The van der Waals surface area contributed by atoms with E-state index in [0.717, 1.165) is 11.3 Å². The number of sulfonamides is 1. The van der Waals surface area contributed by atoms with Crippen molar-refractivity contribution in [2.45, 2.75) is 17.4 Å². The minimum Gasteiger partial charge on any atom is -0.497 e. The van der Waals surface area contributed by atoms with Crippen molar-refractivity contribution in [1.29, 1.82) is 0 Å². The average Bonchev–Trinajstić information content (AvgIpc) is 3.22. The maximum atomic E-state index is 12.7. The minimum atomic E-state index is -3.75. The molecule has 1 aliphatic heterocycles. The molecule has 0 aromatic heterocycles. The van der Waals surface area contributed by atoms with Crippen LogP contribution in [0.25, 0.3) is 0 Å². The van der Waals surface area contributed by atoms with Crippen molar-refractivity contribution in [2.24, 2.45) is 5.10 Å². The first-order valence-corrected chi connectivity index (χ1v) is 12.6. The van der Waals surface area contributed by atoms with E-state index in [0.29, 0.717) is 32.9 Å². The summed E-state index contributed by atoms with van der Waals surface area (Å²) in [5, 5.41) is 7.81. The second-order valence-corrected chi connectivity index (χ2v) is 10.4. The zero-order chi connectivity index (χ0) is 23.6. The Bertz CT molecular complexity index is 1300. The highest BCUT2D eigenvalue weighted by molar-refractivity contribution is 7.89. The fourth-order valence-electron chi connectivity index (χ4n) is 3.55. The summed E-state index contributed by atoms with van der Waals surface area (Å²) in [6.45, 7) is 0.0449. The van der Waals surface area contributed by atoms with E-state index in [-0.39, 0.29) is 17.5 Å². The predicted molar refractivity (Wildman–Crippen MR) is 133 cm³/mol. The fourth-order valence-corrected chi connectivity index (χ4v) is 5.36. The van der Waals surface area contributed by atoms with Crippen LogP contribution in [0.3, 0.4) is 0 Å². The SMILES string of the molecule is COc1ccc(C2CC(CNS(=O)(=O)c3cccc(Cl)c3)=NN2c2ccc(Cl)cc2Cl)cc1. The van der Waals surface area contributed by atoms with Crippen LogP contribution >= 0.6 is 34.8 Å². The van der Waals surface area contributed by atoms with E-state index in [1.54, 1.807) is 42.5 Å². The zero-order valence-electron chi connectivity index (χ0n) is 17.5. The lowest BCUT2D eigenvalue weighted by Crippen LogP contribution is -2.29. The molecule has 6 nitrogen and oxygen atoms in total. The van der Waals surface area contributed by atoms with E-state index in [2.05, 4.69) is 4.72 Å². The van der Waals surface area contributed by atoms with Gasteiger partial charge in [-0.25, -0.2) is 13.1 Å². The maximum absolute atomic E-state index is 12.7. The van der Waals surface area contributed by atoms with E-state index >= 15 is 0 Å². The molecule has 0 bridgehead atoms. The number of hydrogen-bond acceptors (Lipinski definition) is 5. The third-order valence-corrected chi connectivity index (χ3v) is 7.37. The Kier molecular flexibility index (Phi) is 7.16. The predicted octanol–water partition coefficient (Wildman–Crippen LogP) is 5.94. The lowest BCUT2D eigenvalue weighted by atomic mass is 10.0. The van der Waals surface area contributed by atoms with Crippen LogP contribution in [0.15, 0.2) is 76.7 Å². The highest BCUT2D eigenvalue weighted by Gasteiger charge is 2.31. The van der Waals surface area contributed by atoms with Crippen LogP contribution in [0.1, 0.15) is 18.0 Å². The van der Waals surface area contributed by atoms with Crippen LogP contribution in [-0.2, 0) is 10.0 Å². The summed E-state index contributed by atoms with van der Waals surface area (Å²) < 4.78 is 33.3. The van der Waals surface area contributed by atoms with E-state index in [9.17, 15) is 8.42 Å². The molecule has 10 heteroatoms. The van der Waals surface area contributed by atoms with Crippen LogP contribution < -0.4 is 14.5 Å². The van der Waals surface area contributed by atoms with Gasteiger partial charge in [-0.05, 0) is 54.1 Å². The number of anilines is 1. The first-order valence-electron chi connectivity index (χ1n) is 9.96. The topological polar surface area (TPSA) is 71.0 Å². The Morgan fingerprint density at radius 3 is 2.42 bits per heavy atom. The molecule has 1 atom stereocenters. The number of benzene rings is 3. The molecule has 172 valence electrons. The number of methoxy groups -OCH3 is 1. The van der Waals surface area contributed by atoms with Crippen LogP contribution in [0.5, 0.6) is 5.75 Å². The Morgan fingerprint density at radius 2 is 1.76 bits per heavy atom. The Hall–Kier alpha value is -2.29. The van der Waals surface area contributed by atoms with Gasteiger partial charge in [-0.15, -0.1) is 0 Å². The van der Waals surface area contributed by atoms with Crippen molar-refractivity contribution in [3.05, 3.63) is 87.4 Å². The molecule has 0 radical (unpaired) electrons. The van der Waals surface area contributed by atoms with Gasteiger partial charge in [0.05, 0.1) is 41.0 Å². The smallest absolute Gasteiger partial charge is 0.240 e. The van der Waals surface area contributed by atoms with Gasteiger partial charge in [-0.1, -0.05) is 53.0 Å². The molecule has 0 aliphatic carbocycles. The number of nitrogens with one attached hydrogen (secondary N) is 1. The van der Waals surface area contributed by atoms with Gasteiger partial charge in [0, 0.05) is 16.5 Å². The Labute approximate surface area is 207 Å². The maximum Gasteiger partial charge on any atom is 0.240 e. The molecule has 1 aliphatic rings. The van der Waals surface area contributed by atoms with Crippen molar-refractivity contribution >= 4 is 56.2 Å². The minimum absolute atomic E-state index is 0.0449. The van der Waals surface area contributed by atoms with Gasteiger partial charge >= 0.3 is 0 Å². The van der Waals surface area contributed by atoms with Gasteiger partial charge < -0.3 is 4.74 Å². The van der Waals surface area contributed by atoms with E-state index < -0.39 is 10.0 Å². The lowest BCUT2D eigenvalue weighted by Gasteiger charge is -2.25. The van der Waals surface area contributed by atoms with Gasteiger partial charge in [0.15, 0.2) is 0 Å². The molecule has 3 aromatic carbocycles. The van der Waals surface area contributed by atoms with Crippen molar-refractivity contribution in [3.8, 4) is 5.75 Å². The van der Waals surface area contributed by atoms with Gasteiger partial charge in [-0.2, -0.15) is 5.10 Å². The number of hydrogen-bond donors (Lipinski definition) is 1. The summed E-state index contributed by atoms with van der Waals surface area (Å²) in [4.78, 5) is 0.0953. The van der Waals surface area contributed by atoms with Gasteiger partial charge in [0.1, 0.15) is 5.75 Å². The molecule has 33 heavy (non-hydrogen) atoms. The first-order chi connectivity index (χ1) is 15.8. The van der Waals surface area contributed by atoms with Crippen LogP contribution in [0.4, 0.5) is 5.69 Å². The highest BCUT2D eigenvalue weighted by Crippen LogP contribution is 2.40. The molecule has 0 spiro atoms. The number of halogens is 3. The normalized spacial score (nSPS) is 16.1. The largest absolute Gasteiger partial charge is 0.497 e. The van der Waals surface area contributed by atoms with Crippen molar-refractivity contribution < 1.29 is 13.2 Å². The van der Waals surface area contributed by atoms with Gasteiger partial charge in [0.2, 0.25) is 10.0 Å². The monoisotopic (exact) mass is 523 g/mol. The second kappa shape index (κ2) is 9.91. The molecule has 1 heterocycles. The number of hydrazone groups is 1. The van der Waals surface area contributed by atoms with Crippen molar-refractivity contribution in [2.75, 3.05) is 18.7 Å². The molecule has 3 aromatic rings. The summed E-state index contributed by atoms with van der Waals surface area (Å²) in [6, 6.07) is 18.8. The molecule has 0 fully saturated rings. The van der Waals surface area contributed by atoms with Crippen LogP contribution in [0, 0.1) is 0 Å². The number of rotatable bonds is 7. The van der Waals surface area contributed by atoms with Crippen molar-refractivity contribution in [1.82, 2.24) is 4.72 Å². The molecule has 0 amide bonds. The molecule has 1 unspecified atom stereocenters. The standard InChI is InChI=1S/C23H20Cl3N3O3S/c1-32-19-8-5-15(6-9-19)23-13-18(28-29(23)22-10-7-17(25)12-21(22)26)14-27-33(30,31)20-4-2-3-16(24)11-20/h2-12,23,27H,13-14H2,1H3. The van der Waals surface area contributed by atoms with Crippen molar-refractivity contribution in [3.63, 3.8) is 0 Å². The van der Waals surface area contributed by atoms with E-state index in [4.69, 9.17) is 44.6 Å². The fraction of sp³-hybridized carbons (Fsp3) is 0.174.